The maximum Gasteiger partial charge on any atom is 4.00 e. The molecule has 0 heterocycles. The van der Waals surface area contributed by atoms with Gasteiger partial charge in [0.15, 0.2) is 0 Å². The molecular formula is C54H57Cl3SiTi. The Hall–Kier alpha value is -3.53. The van der Waals surface area contributed by atoms with Gasteiger partial charge in [0.1, 0.15) is 8.07 Å². The molecule has 0 saturated carbocycles. The summed E-state index contributed by atoms with van der Waals surface area (Å²) >= 11 is 0. The molecule has 59 heavy (non-hydrogen) atoms. The Kier molecular flexibility index (Phi) is 17.6. The average molecular weight is 888 g/mol. The van der Waals surface area contributed by atoms with Gasteiger partial charge in [-0.2, -0.15) is 22.3 Å². The van der Waals surface area contributed by atoms with Crippen LogP contribution in [0, 0.1) is 69.2 Å². The van der Waals surface area contributed by atoms with Crippen molar-refractivity contribution in [2.75, 3.05) is 0 Å². The molecule has 5 heteroatoms. The van der Waals surface area contributed by atoms with Gasteiger partial charge in [-0.05, 0) is 128 Å². The second-order valence-corrected chi connectivity index (χ2v) is 20.1. The first kappa shape index (κ1) is 49.8. The van der Waals surface area contributed by atoms with Crippen molar-refractivity contribution in [3.63, 3.8) is 0 Å². The third-order valence-corrected chi connectivity index (χ3v) is 18.1. The fourth-order valence-corrected chi connectivity index (χ4v) is 15.0. The van der Waals surface area contributed by atoms with Crippen molar-refractivity contribution in [1.82, 2.24) is 0 Å². The quantitative estimate of drug-likeness (QED) is 0.112. The van der Waals surface area contributed by atoms with Crippen molar-refractivity contribution in [2.24, 2.45) is 0 Å². The largest absolute Gasteiger partial charge is 4.00 e. The SMILES string of the molecule is Cc1cc([Si](c2cc(C)c(C)c(Cc3ccccc3)c2)(c2cc(C)c(C)c(Cc3ccccc3)c2)[c-]2c(C)c(C)c(C)c2C)cc(Cc2ccccc2)c1C.[Cl-].[Cl-].[Cl-].[Ti+4]. The Morgan fingerprint density at radius 2 is 0.610 bits per heavy atom. The monoisotopic (exact) mass is 886 g/mol. The van der Waals surface area contributed by atoms with Gasteiger partial charge >= 0.3 is 21.7 Å². The molecule has 302 valence electrons. The molecule has 0 radical (unpaired) electrons. The minimum atomic E-state index is -3.01. The maximum atomic E-state index is 2.64. The van der Waals surface area contributed by atoms with E-state index in [0.717, 1.165) is 19.3 Å². The van der Waals surface area contributed by atoms with Crippen molar-refractivity contribution in [3.8, 4) is 0 Å². The van der Waals surface area contributed by atoms with Crippen LogP contribution in [0.2, 0.25) is 0 Å². The van der Waals surface area contributed by atoms with Gasteiger partial charge in [0.05, 0.1) is 0 Å². The molecule has 0 fully saturated rings. The molecule has 0 unspecified atom stereocenters. The second kappa shape index (κ2) is 20.8. The van der Waals surface area contributed by atoms with Crippen molar-refractivity contribution in [2.45, 2.75) is 88.5 Å². The van der Waals surface area contributed by atoms with Crippen LogP contribution >= 0.6 is 0 Å². The zero-order valence-corrected chi connectivity index (χ0v) is 41.2. The number of hydrogen-bond donors (Lipinski definition) is 0. The van der Waals surface area contributed by atoms with Crippen LogP contribution in [0.1, 0.15) is 89.0 Å². The Bertz CT molecular complexity index is 2240. The van der Waals surface area contributed by atoms with E-state index in [1.54, 1.807) is 5.19 Å². The molecule has 0 aliphatic rings. The number of halogens is 3. The Labute approximate surface area is 389 Å². The van der Waals surface area contributed by atoms with E-state index in [1.807, 2.05) is 0 Å². The van der Waals surface area contributed by atoms with Crippen molar-refractivity contribution in [3.05, 3.63) is 216 Å². The topological polar surface area (TPSA) is 0 Å². The number of benzene rings is 6. The Morgan fingerprint density at radius 1 is 0.356 bits per heavy atom. The van der Waals surface area contributed by atoms with E-state index in [0.29, 0.717) is 0 Å². The van der Waals surface area contributed by atoms with E-state index in [2.05, 4.69) is 197 Å². The molecule has 0 aliphatic carbocycles. The van der Waals surface area contributed by atoms with Crippen LogP contribution in [0.25, 0.3) is 0 Å². The van der Waals surface area contributed by atoms with Gasteiger partial charge in [0.25, 0.3) is 0 Å². The summed E-state index contributed by atoms with van der Waals surface area (Å²) in [6.45, 7) is 23.5. The van der Waals surface area contributed by atoms with Gasteiger partial charge in [0.2, 0.25) is 0 Å². The van der Waals surface area contributed by atoms with E-state index < -0.39 is 8.07 Å². The smallest absolute Gasteiger partial charge is 1.00 e. The van der Waals surface area contributed by atoms with E-state index in [-0.39, 0.29) is 58.9 Å². The van der Waals surface area contributed by atoms with Crippen LogP contribution in [0.5, 0.6) is 0 Å². The van der Waals surface area contributed by atoms with E-state index >= 15 is 0 Å². The number of rotatable bonds is 10. The molecule has 0 atom stereocenters. The van der Waals surface area contributed by atoms with Crippen molar-refractivity contribution in [1.29, 1.82) is 0 Å². The molecule has 0 spiro atoms. The van der Waals surface area contributed by atoms with E-state index in [4.69, 9.17) is 0 Å². The van der Waals surface area contributed by atoms with Crippen LogP contribution in [0.15, 0.2) is 127 Å². The molecule has 0 bridgehead atoms. The fraction of sp³-hybridized carbons (Fsp3) is 0.241. The van der Waals surface area contributed by atoms with Gasteiger partial charge in [-0.3, -0.25) is 0 Å². The summed E-state index contributed by atoms with van der Waals surface area (Å²) in [7, 11) is -3.01. The molecule has 0 N–H and O–H groups in total. The molecule has 7 rings (SSSR count). The van der Waals surface area contributed by atoms with Crippen LogP contribution in [-0.4, -0.2) is 8.07 Å². The van der Waals surface area contributed by atoms with Gasteiger partial charge in [-0.15, -0.1) is 5.19 Å². The van der Waals surface area contributed by atoms with Crippen LogP contribution in [-0.2, 0) is 41.0 Å². The zero-order chi connectivity index (χ0) is 39.0. The summed E-state index contributed by atoms with van der Waals surface area (Å²) in [4.78, 5) is 0. The standard InChI is InChI=1S/C54H57Si.3ClH.Ti/c1-35-26-51(32-48(38(35)4)29-45-20-14-11-15-21-45)55(54-43(9)41(7)42(8)44(54)10,52-27-36(2)39(5)49(33-52)30-46-22-16-12-17-23-46)53-28-37(3)40(6)50(34-53)31-47-24-18-13-19-25-47;;;;/h11-28,32-34H,29-31H2,1-10H3;3*1H;/q-1;;;;+4/p-3. The second-order valence-electron chi connectivity index (χ2n) is 16.3. The Morgan fingerprint density at radius 3 is 0.864 bits per heavy atom. The molecule has 0 aliphatic heterocycles. The normalized spacial score (nSPS) is 10.9. The molecule has 0 nitrogen and oxygen atoms in total. The third kappa shape index (κ3) is 9.68. The summed E-state index contributed by atoms with van der Waals surface area (Å²) in [5.74, 6) is 0. The van der Waals surface area contributed by atoms with Crippen molar-refractivity contribution < 1.29 is 58.9 Å². The first-order chi connectivity index (χ1) is 26.4. The summed E-state index contributed by atoms with van der Waals surface area (Å²) in [6, 6.07) is 48.8. The van der Waals surface area contributed by atoms with Gasteiger partial charge in [-0.1, -0.05) is 171 Å². The first-order valence-electron chi connectivity index (χ1n) is 20.1. The fourth-order valence-electron chi connectivity index (χ4n) is 9.16. The van der Waals surface area contributed by atoms with Crippen molar-refractivity contribution >= 4 is 28.8 Å². The predicted octanol–water partition coefficient (Wildman–Crippen LogP) is 1.65. The van der Waals surface area contributed by atoms with Gasteiger partial charge in [0, 0.05) is 0 Å². The van der Waals surface area contributed by atoms with Crippen LogP contribution in [0.3, 0.4) is 0 Å². The average Bonchev–Trinajstić information content (AvgIpc) is 3.37. The van der Waals surface area contributed by atoms with Crippen LogP contribution in [0.4, 0.5) is 0 Å². The van der Waals surface area contributed by atoms with E-state index in [1.165, 1.54) is 105 Å². The predicted molar refractivity (Wildman–Crippen MR) is 241 cm³/mol. The first-order valence-corrected chi connectivity index (χ1v) is 22.1. The zero-order valence-electron chi connectivity index (χ0n) is 36.4. The third-order valence-electron chi connectivity index (χ3n) is 13.1. The summed E-state index contributed by atoms with van der Waals surface area (Å²) in [5.41, 5.74) is 22.4. The Balaban J connectivity index is 0.00000233. The van der Waals surface area contributed by atoms with Crippen LogP contribution < -0.4 is 58.0 Å². The number of aryl methyl sites for hydroxylation is 3. The summed E-state index contributed by atoms with van der Waals surface area (Å²) < 4.78 is 0. The van der Waals surface area contributed by atoms with E-state index in [9.17, 15) is 0 Å². The van der Waals surface area contributed by atoms with Gasteiger partial charge < -0.3 is 37.2 Å². The molecule has 0 aromatic heterocycles. The molecule has 0 amide bonds. The number of hydrogen-bond acceptors (Lipinski definition) is 0. The van der Waals surface area contributed by atoms with Gasteiger partial charge in [-0.25, -0.2) is 0 Å². The minimum Gasteiger partial charge on any atom is -1.00 e. The molecule has 7 aromatic carbocycles. The maximum absolute atomic E-state index is 3.01. The summed E-state index contributed by atoms with van der Waals surface area (Å²) in [6.07, 6.45) is 2.75. The molecule has 0 saturated heterocycles. The molecule has 7 aromatic rings. The summed E-state index contributed by atoms with van der Waals surface area (Å²) in [5, 5.41) is 6.03. The molecular weight excluding hydrogens is 831 g/mol. The minimum absolute atomic E-state index is 0.